The summed E-state index contributed by atoms with van der Waals surface area (Å²) in [5, 5.41) is 19.5. The third-order valence-electron chi connectivity index (χ3n) is 5.33. The van der Waals surface area contributed by atoms with Crippen molar-refractivity contribution in [3.8, 4) is 0 Å². The number of carbonyl (C=O) groups excluding carboxylic acids is 1. The lowest BCUT2D eigenvalue weighted by Gasteiger charge is -2.16. The van der Waals surface area contributed by atoms with Crippen molar-refractivity contribution < 1.29 is 14.3 Å². The number of nitrogens with two attached hydrogens (primary N) is 1. The lowest BCUT2D eigenvalue weighted by atomic mass is 10.1. The van der Waals surface area contributed by atoms with Gasteiger partial charge in [-0.25, -0.2) is 9.97 Å². The van der Waals surface area contributed by atoms with Gasteiger partial charge in [-0.2, -0.15) is 0 Å². The van der Waals surface area contributed by atoms with Gasteiger partial charge in [0.2, 0.25) is 17.7 Å². The fraction of sp³-hybridized carbons (Fsp3) is 0.409. The molecular formula is C22H29N7O3. The molecule has 2 unspecified atom stereocenters. The molecule has 1 aromatic heterocycles. The van der Waals surface area contributed by atoms with Gasteiger partial charge in [-0.05, 0) is 31.2 Å². The van der Waals surface area contributed by atoms with E-state index in [-0.39, 0.29) is 41.1 Å². The Bertz CT molecular complexity index is 994. The maximum absolute atomic E-state index is 12.5. The molecule has 10 heteroatoms. The molecule has 3 rings (SSSR count). The number of nitrogens with one attached hydrogen (secondary N) is 3. The molecule has 0 radical (unpaired) electrons. The Hall–Kier alpha value is -3.37. The van der Waals surface area contributed by atoms with Crippen LogP contribution in [0, 0.1) is 16.7 Å². The standard InChI is InChI=1S/C22H29N7O3/c1-26-11-13-4-6-14(7-5-13)20(24)32-21(25)18-19(23)27-12-17(28-18)15-10-16(15)22(30)29(2)8-9-31-3/h4-7,12,15-16,24-26H,8-11H2,1-3H3,(H2,23,27). The molecule has 1 aromatic carbocycles. The zero-order valence-electron chi connectivity index (χ0n) is 18.5. The molecule has 0 aliphatic heterocycles. The number of likely N-dealkylation sites (N-methyl/N-ethyl adjacent to an activating group) is 1. The van der Waals surface area contributed by atoms with Gasteiger partial charge in [0.1, 0.15) is 0 Å². The van der Waals surface area contributed by atoms with E-state index in [4.69, 9.17) is 26.0 Å². The van der Waals surface area contributed by atoms with Gasteiger partial charge in [-0.1, -0.05) is 12.1 Å². The molecule has 1 aliphatic rings. The summed E-state index contributed by atoms with van der Waals surface area (Å²) >= 11 is 0. The van der Waals surface area contributed by atoms with E-state index in [9.17, 15) is 4.79 Å². The summed E-state index contributed by atoms with van der Waals surface area (Å²) in [5.74, 6) is -0.726. The van der Waals surface area contributed by atoms with Gasteiger partial charge in [0.05, 0.1) is 18.5 Å². The van der Waals surface area contributed by atoms with E-state index < -0.39 is 0 Å². The zero-order valence-corrected chi connectivity index (χ0v) is 18.5. The molecule has 1 amide bonds. The Kier molecular flexibility index (Phi) is 7.49. The molecule has 1 aliphatic carbocycles. The average molecular weight is 440 g/mol. The summed E-state index contributed by atoms with van der Waals surface area (Å²) in [6, 6.07) is 7.29. The van der Waals surface area contributed by atoms with Crippen molar-refractivity contribution in [1.29, 1.82) is 10.8 Å². The number of ether oxygens (including phenoxy) is 2. The van der Waals surface area contributed by atoms with Crippen LogP contribution in [0.4, 0.5) is 5.82 Å². The topological polar surface area (TPSA) is 150 Å². The highest BCUT2D eigenvalue weighted by molar-refractivity contribution is 6.05. The number of amides is 1. The van der Waals surface area contributed by atoms with Crippen molar-refractivity contribution in [3.63, 3.8) is 0 Å². The molecule has 0 bridgehead atoms. The maximum atomic E-state index is 12.5. The van der Waals surface area contributed by atoms with Crippen molar-refractivity contribution in [2.75, 3.05) is 40.1 Å². The Balaban J connectivity index is 1.66. The number of methoxy groups -OCH3 is 1. The normalized spacial score (nSPS) is 17.0. The van der Waals surface area contributed by atoms with Crippen molar-refractivity contribution in [2.45, 2.75) is 18.9 Å². The van der Waals surface area contributed by atoms with Gasteiger partial charge >= 0.3 is 0 Å². The lowest BCUT2D eigenvalue weighted by molar-refractivity contribution is -0.131. The van der Waals surface area contributed by atoms with E-state index in [0.717, 1.165) is 12.1 Å². The monoisotopic (exact) mass is 439 g/mol. The summed E-state index contributed by atoms with van der Waals surface area (Å²) in [5.41, 5.74) is 8.17. The van der Waals surface area contributed by atoms with Crippen LogP contribution in [-0.4, -0.2) is 66.9 Å². The molecule has 2 aromatic rings. The molecular weight excluding hydrogens is 410 g/mol. The first kappa shape index (κ1) is 23.3. The predicted octanol–water partition coefficient (Wildman–Crippen LogP) is 1.35. The van der Waals surface area contributed by atoms with E-state index in [1.54, 1.807) is 31.2 Å². The van der Waals surface area contributed by atoms with E-state index in [1.807, 2.05) is 19.2 Å². The van der Waals surface area contributed by atoms with Crippen molar-refractivity contribution in [1.82, 2.24) is 20.2 Å². The largest absolute Gasteiger partial charge is 0.419 e. The highest BCUT2D eigenvalue weighted by Crippen LogP contribution is 2.47. The fourth-order valence-electron chi connectivity index (χ4n) is 3.36. The van der Waals surface area contributed by atoms with Crippen molar-refractivity contribution in [3.05, 3.63) is 53.0 Å². The Morgan fingerprint density at radius 3 is 2.66 bits per heavy atom. The van der Waals surface area contributed by atoms with Crippen LogP contribution >= 0.6 is 0 Å². The Morgan fingerprint density at radius 2 is 2.00 bits per heavy atom. The minimum Gasteiger partial charge on any atom is -0.419 e. The number of hydrogen-bond acceptors (Lipinski definition) is 9. The number of anilines is 1. The van der Waals surface area contributed by atoms with Gasteiger partial charge < -0.3 is 25.4 Å². The van der Waals surface area contributed by atoms with Crippen LogP contribution in [0.1, 0.15) is 34.9 Å². The van der Waals surface area contributed by atoms with Gasteiger partial charge in [0, 0.05) is 44.6 Å². The number of hydrogen-bond donors (Lipinski definition) is 4. The maximum Gasteiger partial charge on any atom is 0.243 e. The molecule has 10 nitrogen and oxygen atoms in total. The van der Waals surface area contributed by atoms with Gasteiger partial charge in [-0.3, -0.25) is 15.6 Å². The Morgan fingerprint density at radius 1 is 1.28 bits per heavy atom. The number of nitrogens with zero attached hydrogens (tertiary/aromatic N) is 3. The molecule has 32 heavy (non-hydrogen) atoms. The molecule has 1 fully saturated rings. The number of benzene rings is 1. The van der Waals surface area contributed by atoms with Crippen LogP contribution in [-0.2, 0) is 20.8 Å². The van der Waals surface area contributed by atoms with E-state index in [1.165, 1.54) is 6.20 Å². The van der Waals surface area contributed by atoms with E-state index in [0.29, 0.717) is 30.8 Å². The molecule has 0 spiro atoms. The number of rotatable bonds is 9. The van der Waals surface area contributed by atoms with Gasteiger partial charge in [-0.15, -0.1) is 0 Å². The van der Waals surface area contributed by atoms with E-state index >= 15 is 0 Å². The molecule has 0 saturated heterocycles. The molecule has 170 valence electrons. The predicted molar refractivity (Wildman–Crippen MR) is 121 cm³/mol. The summed E-state index contributed by atoms with van der Waals surface area (Å²) in [7, 11) is 5.20. The first-order valence-electron chi connectivity index (χ1n) is 10.3. The SMILES string of the molecule is CNCc1ccc(C(=N)OC(=N)c2nc(C3CC3C(=O)N(C)CCOC)cnc2N)cc1. The van der Waals surface area contributed by atoms with Crippen LogP contribution in [0.5, 0.6) is 0 Å². The minimum atomic E-state index is -0.359. The van der Waals surface area contributed by atoms with Crippen LogP contribution in [0.2, 0.25) is 0 Å². The number of nitrogen functional groups attached to an aromatic ring is 1. The highest BCUT2D eigenvalue weighted by atomic mass is 16.5. The third-order valence-corrected chi connectivity index (χ3v) is 5.33. The summed E-state index contributed by atoms with van der Waals surface area (Å²) < 4.78 is 10.4. The molecule has 5 N–H and O–H groups in total. The van der Waals surface area contributed by atoms with Crippen LogP contribution < -0.4 is 11.1 Å². The summed E-state index contributed by atoms with van der Waals surface area (Å²) in [6.45, 7) is 1.72. The van der Waals surface area contributed by atoms with Gasteiger partial charge in [0.15, 0.2) is 11.5 Å². The number of aromatic nitrogens is 2. The second-order valence-corrected chi connectivity index (χ2v) is 7.72. The second-order valence-electron chi connectivity index (χ2n) is 7.72. The first-order chi connectivity index (χ1) is 15.3. The van der Waals surface area contributed by atoms with Crippen molar-refractivity contribution in [2.24, 2.45) is 5.92 Å². The van der Waals surface area contributed by atoms with Gasteiger partial charge in [0.25, 0.3) is 0 Å². The fourth-order valence-corrected chi connectivity index (χ4v) is 3.36. The summed E-state index contributed by atoms with van der Waals surface area (Å²) in [4.78, 5) is 22.8. The minimum absolute atomic E-state index is 0.0297. The smallest absolute Gasteiger partial charge is 0.243 e. The van der Waals surface area contributed by atoms with Crippen LogP contribution in [0.15, 0.2) is 30.5 Å². The molecule has 2 atom stereocenters. The van der Waals surface area contributed by atoms with E-state index in [2.05, 4.69) is 15.3 Å². The lowest BCUT2D eigenvalue weighted by Crippen LogP contribution is -2.31. The molecule has 1 heterocycles. The molecule has 1 saturated carbocycles. The average Bonchev–Trinajstić information content (AvgIpc) is 3.58. The first-order valence-corrected chi connectivity index (χ1v) is 10.3. The summed E-state index contributed by atoms with van der Waals surface area (Å²) in [6.07, 6.45) is 2.20. The third kappa shape index (κ3) is 5.45. The quantitative estimate of drug-likeness (QED) is 0.340. The highest BCUT2D eigenvalue weighted by Gasteiger charge is 2.46. The number of carbonyl (C=O) groups is 1. The zero-order chi connectivity index (χ0) is 23.3. The Labute approximate surface area is 187 Å². The van der Waals surface area contributed by atoms with Crippen LogP contribution in [0.3, 0.4) is 0 Å². The van der Waals surface area contributed by atoms with Crippen molar-refractivity contribution >= 4 is 23.5 Å². The second kappa shape index (κ2) is 10.3. The van der Waals surface area contributed by atoms with Crippen LogP contribution in [0.25, 0.3) is 0 Å².